The van der Waals surface area contributed by atoms with Gasteiger partial charge in [0.2, 0.25) is 5.88 Å². The Hall–Kier alpha value is -2.69. The molecule has 0 atom stereocenters. The van der Waals surface area contributed by atoms with Gasteiger partial charge in [-0.05, 0) is 29.7 Å². The monoisotopic (exact) mass is 348 g/mol. The lowest BCUT2D eigenvalue weighted by molar-refractivity contribution is 0.291. The number of aliphatic hydroxyl groups is 1. The molecule has 4 nitrogen and oxygen atoms in total. The Labute approximate surface area is 154 Å². The van der Waals surface area contributed by atoms with Crippen LogP contribution in [0.1, 0.15) is 11.1 Å². The highest BCUT2D eigenvalue weighted by Gasteiger charge is 2.12. The molecule has 134 valence electrons. The Bertz CT molecular complexity index is 863. The van der Waals surface area contributed by atoms with E-state index in [2.05, 4.69) is 54.7 Å². The zero-order chi connectivity index (χ0) is 18.4. The van der Waals surface area contributed by atoms with Gasteiger partial charge in [0.05, 0.1) is 19.4 Å². The molecular weight excluding hydrogens is 324 g/mol. The van der Waals surface area contributed by atoms with Crippen molar-refractivity contribution in [3.05, 3.63) is 71.8 Å². The van der Waals surface area contributed by atoms with E-state index in [4.69, 9.17) is 14.8 Å². The van der Waals surface area contributed by atoms with Crippen molar-refractivity contribution in [2.45, 2.75) is 13.5 Å². The maximum absolute atomic E-state index is 8.90. The minimum absolute atomic E-state index is 0.110. The highest BCUT2D eigenvalue weighted by molar-refractivity contribution is 5.77. The van der Waals surface area contributed by atoms with Crippen molar-refractivity contribution < 1.29 is 9.84 Å². The first-order valence-corrected chi connectivity index (χ1v) is 8.75. The van der Waals surface area contributed by atoms with Gasteiger partial charge in [-0.25, -0.2) is 4.98 Å². The quantitative estimate of drug-likeness (QED) is 0.638. The summed E-state index contributed by atoms with van der Waals surface area (Å²) in [4.78, 5) is 4.71. The van der Waals surface area contributed by atoms with Crippen LogP contribution in [0, 0.1) is 6.92 Å². The molecule has 0 unspecified atom stereocenters. The summed E-state index contributed by atoms with van der Waals surface area (Å²) in [6, 6.07) is 20.7. The van der Waals surface area contributed by atoms with Crippen LogP contribution in [0.15, 0.2) is 60.7 Å². The Balaban J connectivity index is 1.96. The van der Waals surface area contributed by atoms with Gasteiger partial charge in [-0.1, -0.05) is 54.6 Å². The number of nitrogens with one attached hydrogen (secondary N) is 1. The van der Waals surface area contributed by atoms with E-state index in [0.717, 1.165) is 16.8 Å². The number of aliphatic hydroxyl groups excluding tert-OH is 1. The van der Waals surface area contributed by atoms with Crippen LogP contribution in [-0.2, 0) is 6.54 Å². The molecule has 0 bridgehead atoms. The van der Waals surface area contributed by atoms with Crippen LogP contribution in [0.25, 0.3) is 22.4 Å². The van der Waals surface area contributed by atoms with Crippen LogP contribution in [0.4, 0.5) is 0 Å². The second-order valence-corrected chi connectivity index (χ2v) is 6.11. The van der Waals surface area contributed by atoms with Gasteiger partial charge in [-0.15, -0.1) is 0 Å². The summed E-state index contributed by atoms with van der Waals surface area (Å²) in [6.45, 7) is 3.39. The van der Waals surface area contributed by atoms with Gasteiger partial charge >= 0.3 is 0 Å². The van der Waals surface area contributed by atoms with E-state index in [-0.39, 0.29) is 6.61 Å². The fourth-order valence-corrected chi connectivity index (χ4v) is 3.08. The van der Waals surface area contributed by atoms with Gasteiger partial charge in [-0.3, -0.25) is 0 Å². The molecule has 0 aliphatic rings. The Kier molecular flexibility index (Phi) is 6.00. The van der Waals surface area contributed by atoms with Crippen LogP contribution >= 0.6 is 0 Å². The molecule has 3 rings (SSSR count). The van der Waals surface area contributed by atoms with Crippen molar-refractivity contribution in [1.82, 2.24) is 10.3 Å². The lowest BCUT2D eigenvalue weighted by Gasteiger charge is -2.14. The molecule has 2 aromatic carbocycles. The number of ether oxygens (including phenoxy) is 1. The van der Waals surface area contributed by atoms with Gasteiger partial charge in [0, 0.05) is 24.2 Å². The molecule has 0 spiro atoms. The van der Waals surface area contributed by atoms with Gasteiger partial charge in [0.15, 0.2) is 0 Å². The number of methoxy groups -OCH3 is 1. The molecule has 3 aromatic rings. The van der Waals surface area contributed by atoms with Crippen molar-refractivity contribution in [1.29, 1.82) is 0 Å². The van der Waals surface area contributed by atoms with Gasteiger partial charge in [-0.2, -0.15) is 0 Å². The number of nitrogens with zero attached hydrogens (tertiary/aromatic N) is 1. The predicted molar refractivity (Wildman–Crippen MR) is 105 cm³/mol. The maximum atomic E-state index is 8.90. The number of benzene rings is 2. The van der Waals surface area contributed by atoms with Crippen LogP contribution in [0.3, 0.4) is 0 Å². The van der Waals surface area contributed by atoms with Crippen molar-refractivity contribution in [2.24, 2.45) is 0 Å². The summed E-state index contributed by atoms with van der Waals surface area (Å²) in [5, 5.41) is 12.1. The van der Waals surface area contributed by atoms with E-state index < -0.39 is 0 Å². The maximum Gasteiger partial charge on any atom is 0.218 e. The van der Waals surface area contributed by atoms with Crippen LogP contribution in [0.2, 0.25) is 0 Å². The average molecular weight is 348 g/mol. The molecule has 0 saturated heterocycles. The summed E-state index contributed by atoms with van der Waals surface area (Å²) < 4.78 is 5.48. The minimum atomic E-state index is 0.110. The van der Waals surface area contributed by atoms with E-state index in [1.165, 1.54) is 16.7 Å². The van der Waals surface area contributed by atoms with E-state index >= 15 is 0 Å². The van der Waals surface area contributed by atoms with E-state index in [0.29, 0.717) is 19.0 Å². The first-order valence-electron chi connectivity index (χ1n) is 8.75. The third-order valence-corrected chi connectivity index (χ3v) is 4.43. The predicted octanol–water partition coefficient (Wildman–Crippen LogP) is 3.81. The molecule has 0 amide bonds. The summed E-state index contributed by atoms with van der Waals surface area (Å²) in [5.41, 5.74) is 6.56. The van der Waals surface area contributed by atoms with E-state index in [1.54, 1.807) is 7.11 Å². The first-order chi connectivity index (χ1) is 12.7. The molecule has 4 heteroatoms. The molecule has 26 heavy (non-hydrogen) atoms. The molecular formula is C22H24N2O2. The number of pyridine rings is 1. The smallest absolute Gasteiger partial charge is 0.218 e. The summed E-state index contributed by atoms with van der Waals surface area (Å²) in [7, 11) is 1.63. The standard InChI is InChI=1S/C22H24N2O2/c1-16-19(17-7-4-3-5-8-17)9-6-10-20(16)21-12-11-18(15-23-13-14-25)22(24-21)26-2/h3-12,23,25H,13-15H2,1-2H3. The molecule has 1 heterocycles. The average Bonchev–Trinajstić information content (AvgIpc) is 2.69. The SMILES string of the molecule is COc1nc(-c2cccc(-c3ccccc3)c2C)ccc1CNCCO. The third-order valence-electron chi connectivity index (χ3n) is 4.43. The molecule has 0 aliphatic carbocycles. The lowest BCUT2D eigenvalue weighted by Crippen LogP contribution is -2.18. The largest absolute Gasteiger partial charge is 0.481 e. The van der Waals surface area contributed by atoms with Crippen molar-refractivity contribution in [3.8, 4) is 28.3 Å². The Morgan fingerprint density at radius 1 is 0.962 bits per heavy atom. The Morgan fingerprint density at radius 3 is 2.46 bits per heavy atom. The van der Waals surface area contributed by atoms with Gasteiger partial charge in [0.1, 0.15) is 0 Å². The molecule has 0 fully saturated rings. The summed E-state index contributed by atoms with van der Waals surface area (Å²) >= 11 is 0. The van der Waals surface area contributed by atoms with Crippen molar-refractivity contribution in [3.63, 3.8) is 0 Å². The second kappa shape index (κ2) is 8.61. The number of aromatic nitrogens is 1. The summed E-state index contributed by atoms with van der Waals surface area (Å²) in [6.07, 6.45) is 0. The minimum Gasteiger partial charge on any atom is -0.481 e. The third kappa shape index (κ3) is 3.93. The zero-order valence-corrected chi connectivity index (χ0v) is 15.2. The topological polar surface area (TPSA) is 54.4 Å². The highest BCUT2D eigenvalue weighted by Crippen LogP contribution is 2.32. The Morgan fingerprint density at radius 2 is 1.73 bits per heavy atom. The van der Waals surface area contributed by atoms with E-state index in [9.17, 15) is 0 Å². The van der Waals surface area contributed by atoms with Gasteiger partial charge < -0.3 is 15.2 Å². The zero-order valence-electron chi connectivity index (χ0n) is 15.2. The molecule has 0 saturated carbocycles. The van der Waals surface area contributed by atoms with Crippen molar-refractivity contribution >= 4 is 0 Å². The van der Waals surface area contributed by atoms with Crippen LogP contribution in [0.5, 0.6) is 5.88 Å². The van der Waals surface area contributed by atoms with Crippen molar-refractivity contribution in [2.75, 3.05) is 20.3 Å². The number of hydrogen-bond acceptors (Lipinski definition) is 4. The van der Waals surface area contributed by atoms with E-state index in [1.807, 2.05) is 18.2 Å². The number of hydrogen-bond donors (Lipinski definition) is 2. The molecule has 2 N–H and O–H groups in total. The molecule has 1 aromatic heterocycles. The van der Waals surface area contributed by atoms with Crippen LogP contribution in [-0.4, -0.2) is 30.4 Å². The summed E-state index contributed by atoms with van der Waals surface area (Å²) in [5.74, 6) is 0.609. The second-order valence-electron chi connectivity index (χ2n) is 6.11. The molecule has 0 radical (unpaired) electrons. The lowest BCUT2D eigenvalue weighted by atomic mass is 9.94. The highest BCUT2D eigenvalue weighted by atomic mass is 16.5. The fourth-order valence-electron chi connectivity index (χ4n) is 3.08. The van der Waals surface area contributed by atoms with Crippen LogP contribution < -0.4 is 10.1 Å². The molecule has 0 aliphatic heterocycles. The number of rotatable bonds is 7. The fraction of sp³-hybridized carbons (Fsp3) is 0.227. The first kappa shape index (κ1) is 18.1. The van der Waals surface area contributed by atoms with Gasteiger partial charge in [0.25, 0.3) is 0 Å². The normalized spacial score (nSPS) is 10.7.